The molecule has 0 saturated carbocycles. The van der Waals surface area contributed by atoms with E-state index in [2.05, 4.69) is 4.98 Å². The highest BCUT2D eigenvalue weighted by molar-refractivity contribution is 6.04. The van der Waals surface area contributed by atoms with Gasteiger partial charge >= 0.3 is 0 Å². The van der Waals surface area contributed by atoms with Crippen molar-refractivity contribution in [3.05, 3.63) is 23.9 Å². The molecule has 1 aliphatic heterocycles. The number of nitrogens with zero attached hydrogens (tertiary/aromatic N) is 2. The van der Waals surface area contributed by atoms with Gasteiger partial charge in [0.15, 0.2) is 0 Å². The molecule has 2 rings (SSSR count). The van der Waals surface area contributed by atoms with Crippen LogP contribution >= 0.6 is 0 Å². The molecule has 2 amide bonds. The summed E-state index contributed by atoms with van der Waals surface area (Å²) in [6, 6.07) is 3.43. The third-order valence-corrected chi connectivity index (χ3v) is 3.25. The minimum absolute atomic E-state index is 0.113. The summed E-state index contributed by atoms with van der Waals surface area (Å²) in [5.74, 6) is -0.304. The van der Waals surface area contributed by atoms with Gasteiger partial charge in [-0.2, -0.15) is 0 Å². The molecule has 17 heavy (non-hydrogen) atoms. The zero-order chi connectivity index (χ0) is 12.6. The van der Waals surface area contributed by atoms with Crippen LogP contribution in [-0.4, -0.2) is 21.7 Å². The molecular weight excluding hydrogens is 218 g/mol. The second-order valence-electron chi connectivity index (χ2n) is 4.43. The van der Waals surface area contributed by atoms with Gasteiger partial charge in [-0.3, -0.25) is 14.5 Å². The first kappa shape index (κ1) is 11.6. The number of hydrogen-bond acceptors (Lipinski definition) is 4. The second kappa shape index (κ2) is 4.16. The monoisotopic (exact) mass is 233 g/mol. The van der Waals surface area contributed by atoms with Crippen molar-refractivity contribution in [3.63, 3.8) is 0 Å². The van der Waals surface area contributed by atoms with Gasteiger partial charge in [0.05, 0.1) is 6.54 Å². The molecule has 90 valence electrons. The SMILES string of the molecule is CC1C(=O)N(Cc2ccnc(N)c2)C(=O)C1C. The Morgan fingerprint density at radius 1 is 1.29 bits per heavy atom. The molecule has 2 heterocycles. The average Bonchev–Trinajstić information content (AvgIpc) is 2.47. The van der Waals surface area contributed by atoms with Gasteiger partial charge in [0.25, 0.3) is 0 Å². The number of rotatable bonds is 2. The van der Waals surface area contributed by atoms with Crippen LogP contribution < -0.4 is 5.73 Å². The lowest BCUT2D eigenvalue weighted by Crippen LogP contribution is -2.30. The summed E-state index contributed by atoms with van der Waals surface area (Å²) in [5.41, 5.74) is 6.38. The lowest BCUT2D eigenvalue weighted by Gasteiger charge is -2.14. The van der Waals surface area contributed by atoms with Gasteiger partial charge in [0, 0.05) is 18.0 Å². The largest absolute Gasteiger partial charge is 0.384 e. The summed E-state index contributed by atoms with van der Waals surface area (Å²) in [5, 5.41) is 0. The molecule has 5 heteroatoms. The predicted octanol–water partition coefficient (Wildman–Crippen LogP) is 0.805. The summed E-state index contributed by atoms with van der Waals surface area (Å²) in [6.07, 6.45) is 1.57. The number of nitrogens with two attached hydrogens (primary N) is 1. The molecule has 1 aliphatic rings. The molecule has 5 nitrogen and oxygen atoms in total. The van der Waals surface area contributed by atoms with Crippen molar-refractivity contribution in [1.29, 1.82) is 0 Å². The lowest BCUT2D eigenvalue weighted by atomic mass is 10.00. The molecule has 0 bridgehead atoms. The third-order valence-electron chi connectivity index (χ3n) is 3.25. The number of carbonyl (C=O) groups excluding carboxylic acids is 2. The van der Waals surface area contributed by atoms with Crippen molar-refractivity contribution < 1.29 is 9.59 Å². The Balaban J connectivity index is 2.20. The van der Waals surface area contributed by atoms with Crippen LogP contribution in [0.1, 0.15) is 19.4 Å². The molecular formula is C12H15N3O2. The average molecular weight is 233 g/mol. The van der Waals surface area contributed by atoms with Crippen LogP contribution in [0, 0.1) is 11.8 Å². The Morgan fingerprint density at radius 2 is 1.88 bits per heavy atom. The van der Waals surface area contributed by atoms with Crippen LogP contribution in [0.2, 0.25) is 0 Å². The highest BCUT2D eigenvalue weighted by Crippen LogP contribution is 2.26. The van der Waals surface area contributed by atoms with Crippen LogP contribution in [0.5, 0.6) is 0 Å². The Hall–Kier alpha value is -1.91. The maximum Gasteiger partial charge on any atom is 0.233 e. The van der Waals surface area contributed by atoms with E-state index in [0.29, 0.717) is 5.82 Å². The van der Waals surface area contributed by atoms with Crippen LogP contribution in [0.4, 0.5) is 5.82 Å². The Bertz CT molecular complexity index is 453. The molecule has 0 spiro atoms. The number of anilines is 1. The van der Waals surface area contributed by atoms with E-state index in [1.807, 2.05) is 0 Å². The molecule has 2 N–H and O–H groups in total. The third kappa shape index (κ3) is 2.00. The number of imide groups is 1. The summed E-state index contributed by atoms with van der Waals surface area (Å²) >= 11 is 0. The van der Waals surface area contributed by atoms with Crippen molar-refractivity contribution in [1.82, 2.24) is 9.88 Å². The zero-order valence-corrected chi connectivity index (χ0v) is 9.88. The lowest BCUT2D eigenvalue weighted by molar-refractivity contribution is -0.140. The van der Waals surface area contributed by atoms with E-state index in [0.717, 1.165) is 5.56 Å². The van der Waals surface area contributed by atoms with Crippen LogP contribution in [0.3, 0.4) is 0 Å². The first-order valence-electron chi connectivity index (χ1n) is 5.56. The first-order valence-corrected chi connectivity index (χ1v) is 5.56. The Kier molecular flexibility index (Phi) is 2.83. The molecule has 0 aromatic carbocycles. The van der Waals surface area contributed by atoms with Crippen molar-refractivity contribution in [2.24, 2.45) is 11.8 Å². The predicted molar refractivity (Wildman–Crippen MR) is 62.5 cm³/mol. The fourth-order valence-electron chi connectivity index (χ4n) is 1.96. The molecule has 1 aromatic rings. The van der Waals surface area contributed by atoms with Crippen molar-refractivity contribution >= 4 is 17.6 Å². The van der Waals surface area contributed by atoms with Crippen LogP contribution in [-0.2, 0) is 16.1 Å². The summed E-state index contributed by atoms with van der Waals surface area (Å²) < 4.78 is 0. The van der Waals surface area contributed by atoms with Crippen molar-refractivity contribution in [2.75, 3.05) is 5.73 Å². The maximum absolute atomic E-state index is 11.9. The van der Waals surface area contributed by atoms with Crippen LogP contribution in [0.25, 0.3) is 0 Å². The van der Waals surface area contributed by atoms with E-state index < -0.39 is 0 Å². The number of likely N-dealkylation sites (tertiary alicyclic amines) is 1. The first-order chi connectivity index (χ1) is 8.00. The quantitative estimate of drug-likeness (QED) is 0.767. The Labute approximate surface area is 99.6 Å². The molecule has 0 radical (unpaired) electrons. The molecule has 0 aliphatic carbocycles. The van der Waals surface area contributed by atoms with Crippen molar-refractivity contribution in [3.8, 4) is 0 Å². The number of carbonyl (C=O) groups is 2. The van der Waals surface area contributed by atoms with Gasteiger partial charge in [0.1, 0.15) is 5.82 Å². The highest BCUT2D eigenvalue weighted by Gasteiger charge is 2.41. The van der Waals surface area contributed by atoms with E-state index in [1.165, 1.54) is 4.90 Å². The van der Waals surface area contributed by atoms with Gasteiger partial charge in [0.2, 0.25) is 11.8 Å². The van der Waals surface area contributed by atoms with E-state index in [-0.39, 0.29) is 30.2 Å². The summed E-state index contributed by atoms with van der Waals surface area (Å²) in [7, 11) is 0. The minimum Gasteiger partial charge on any atom is -0.384 e. The van der Waals surface area contributed by atoms with Gasteiger partial charge in [-0.05, 0) is 17.7 Å². The van der Waals surface area contributed by atoms with Gasteiger partial charge in [-0.15, -0.1) is 0 Å². The Morgan fingerprint density at radius 3 is 2.41 bits per heavy atom. The number of pyridine rings is 1. The van der Waals surface area contributed by atoms with E-state index in [4.69, 9.17) is 5.73 Å². The summed E-state index contributed by atoms with van der Waals surface area (Å²) in [6.45, 7) is 3.84. The number of aromatic nitrogens is 1. The molecule has 1 saturated heterocycles. The molecule has 1 aromatic heterocycles. The fourth-order valence-corrected chi connectivity index (χ4v) is 1.96. The molecule has 2 unspecified atom stereocenters. The molecule has 2 atom stereocenters. The van der Waals surface area contributed by atoms with Gasteiger partial charge < -0.3 is 5.73 Å². The second-order valence-corrected chi connectivity index (χ2v) is 4.43. The van der Waals surface area contributed by atoms with E-state index >= 15 is 0 Å². The smallest absolute Gasteiger partial charge is 0.233 e. The van der Waals surface area contributed by atoms with E-state index in [9.17, 15) is 9.59 Å². The fraction of sp³-hybridized carbons (Fsp3) is 0.417. The number of nitrogen functional groups attached to an aromatic ring is 1. The summed E-state index contributed by atoms with van der Waals surface area (Å²) in [4.78, 5) is 28.9. The van der Waals surface area contributed by atoms with Gasteiger partial charge in [-0.1, -0.05) is 13.8 Å². The van der Waals surface area contributed by atoms with E-state index in [1.54, 1.807) is 32.2 Å². The van der Waals surface area contributed by atoms with Crippen molar-refractivity contribution in [2.45, 2.75) is 20.4 Å². The normalized spacial score (nSPS) is 24.5. The number of hydrogen-bond donors (Lipinski definition) is 1. The number of amides is 2. The van der Waals surface area contributed by atoms with Gasteiger partial charge in [-0.25, -0.2) is 4.98 Å². The zero-order valence-electron chi connectivity index (χ0n) is 9.88. The topological polar surface area (TPSA) is 76.3 Å². The standard InChI is InChI=1S/C12H15N3O2/c1-7-8(2)12(17)15(11(7)16)6-9-3-4-14-10(13)5-9/h3-5,7-8H,6H2,1-2H3,(H2,13,14). The molecule has 1 fully saturated rings. The maximum atomic E-state index is 11.9. The minimum atomic E-state index is -0.235. The highest BCUT2D eigenvalue weighted by atomic mass is 16.2. The van der Waals surface area contributed by atoms with Crippen LogP contribution in [0.15, 0.2) is 18.3 Å².